The Kier molecular flexibility index (Phi) is 4.32. The van der Waals surface area contributed by atoms with Gasteiger partial charge in [-0.1, -0.05) is 25.4 Å². The molecular weight excluding hydrogens is 260 g/mol. The molecule has 0 radical (unpaired) electrons. The van der Waals surface area contributed by atoms with Crippen molar-refractivity contribution in [3.8, 4) is 11.5 Å². The zero-order chi connectivity index (χ0) is 13.8. The average Bonchev–Trinajstić information content (AvgIpc) is 2.39. The molecule has 0 atom stereocenters. The van der Waals surface area contributed by atoms with Crippen LogP contribution in [0.3, 0.4) is 0 Å². The molecule has 0 aliphatic rings. The summed E-state index contributed by atoms with van der Waals surface area (Å²) in [6, 6.07) is 5.56. The molecule has 0 saturated heterocycles. The van der Waals surface area contributed by atoms with Gasteiger partial charge in [-0.3, -0.25) is 4.98 Å². The monoisotopic (exact) mass is 276 g/mol. The van der Waals surface area contributed by atoms with Gasteiger partial charge in [-0.05, 0) is 25.0 Å². The Balaban J connectivity index is 2.53. The molecule has 1 N–H and O–H groups in total. The van der Waals surface area contributed by atoms with Crippen LogP contribution >= 0.6 is 11.6 Å². The van der Waals surface area contributed by atoms with Crippen molar-refractivity contribution in [3.63, 3.8) is 0 Å². The molecule has 4 nitrogen and oxygen atoms in total. The van der Waals surface area contributed by atoms with Crippen molar-refractivity contribution in [1.29, 1.82) is 0 Å². The largest absolute Gasteiger partial charge is 0.370 e. The summed E-state index contributed by atoms with van der Waals surface area (Å²) in [5.41, 5.74) is 1.59. The highest BCUT2D eigenvalue weighted by atomic mass is 35.5. The Morgan fingerprint density at radius 3 is 2.74 bits per heavy atom. The summed E-state index contributed by atoms with van der Waals surface area (Å²) in [5.74, 6) is 1.69. The fourth-order valence-electron chi connectivity index (χ4n) is 1.69. The molecule has 0 aromatic carbocycles. The second-order valence-corrected chi connectivity index (χ2v) is 4.93. The van der Waals surface area contributed by atoms with Crippen LogP contribution in [-0.2, 0) is 0 Å². The lowest BCUT2D eigenvalue weighted by molar-refractivity contribution is 0.816. The molecule has 0 spiro atoms. The van der Waals surface area contributed by atoms with E-state index in [0.717, 1.165) is 18.1 Å². The first-order valence-corrected chi connectivity index (χ1v) is 6.73. The van der Waals surface area contributed by atoms with E-state index < -0.39 is 0 Å². The van der Waals surface area contributed by atoms with E-state index in [1.54, 1.807) is 18.3 Å². The molecule has 2 heterocycles. The van der Waals surface area contributed by atoms with Crippen LogP contribution in [-0.4, -0.2) is 21.5 Å². The first-order chi connectivity index (χ1) is 9.11. The van der Waals surface area contributed by atoms with Crippen molar-refractivity contribution in [2.24, 2.45) is 0 Å². The van der Waals surface area contributed by atoms with Crippen molar-refractivity contribution >= 4 is 17.4 Å². The van der Waals surface area contributed by atoms with E-state index in [1.165, 1.54) is 0 Å². The molecule has 0 saturated carbocycles. The summed E-state index contributed by atoms with van der Waals surface area (Å²) < 4.78 is 0. The minimum Gasteiger partial charge on any atom is -0.370 e. The summed E-state index contributed by atoms with van der Waals surface area (Å²) in [4.78, 5) is 13.3. The highest BCUT2D eigenvalue weighted by Gasteiger charge is 2.12. The van der Waals surface area contributed by atoms with E-state index >= 15 is 0 Å². The molecule has 2 aromatic heterocycles. The van der Waals surface area contributed by atoms with E-state index in [-0.39, 0.29) is 0 Å². The second-order valence-electron chi connectivity index (χ2n) is 4.52. The van der Waals surface area contributed by atoms with Crippen LogP contribution in [0.25, 0.3) is 11.5 Å². The van der Waals surface area contributed by atoms with Crippen LogP contribution in [0.15, 0.2) is 24.4 Å². The third-order valence-electron chi connectivity index (χ3n) is 2.67. The topological polar surface area (TPSA) is 50.7 Å². The normalized spacial score (nSPS) is 10.8. The number of hydrogen-bond donors (Lipinski definition) is 1. The molecule has 0 aliphatic carbocycles. The van der Waals surface area contributed by atoms with Crippen LogP contribution in [0.2, 0.25) is 5.02 Å². The Morgan fingerprint density at radius 1 is 1.32 bits per heavy atom. The smallest absolute Gasteiger partial charge is 0.181 e. The van der Waals surface area contributed by atoms with Crippen molar-refractivity contribution in [2.45, 2.75) is 26.7 Å². The minimum atomic E-state index is 0.321. The lowest BCUT2D eigenvalue weighted by atomic mass is 10.1. The maximum Gasteiger partial charge on any atom is 0.181 e. The average molecular weight is 277 g/mol. The molecule has 5 heteroatoms. The fourth-order valence-corrected chi connectivity index (χ4v) is 1.90. The van der Waals surface area contributed by atoms with Gasteiger partial charge in [0, 0.05) is 24.5 Å². The van der Waals surface area contributed by atoms with Gasteiger partial charge in [-0.25, -0.2) is 9.97 Å². The predicted octanol–water partition coefficient (Wildman–Crippen LogP) is 3.75. The second kappa shape index (κ2) is 5.97. The van der Waals surface area contributed by atoms with Crippen molar-refractivity contribution < 1.29 is 0 Å². The maximum absolute atomic E-state index is 6.16. The van der Waals surface area contributed by atoms with E-state index in [2.05, 4.69) is 34.1 Å². The zero-order valence-electron chi connectivity index (χ0n) is 11.3. The summed E-state index contributed by atoms with van der Waals surface area (Å²) in [6.07, 6.45) is 1.69. The van der Waals surface area contributed by atoms with Crippen LogP contribution in [0.5, 0.6) is 0 Å². The van der Waals surface area contributed by atoms with E-state index in [4.69, 9.17) is 11.6 Å². The molecule has 0 aliphatic heterocycles. The molecular formula is C14H17ClN4. The van der Waals surface area contributed by atoms with Crippen LogP contribution in [0.1, 0.15) is 32.4 Å². The van der Waals surface area contributed by atoms with E-state index in [0.29, 0.717) is 22.5 Å². The number of aromatic nitrogens is 3. The Labute approximate surface area is 118 Å². The fraction of sp³-hybridized carbons (Fsp3) is 0.357. The minimum absolute atomic E-state index is 0.321. The quantitative estimate of drug-likeness (QED) is 0.924. The molecule has 2 rings (SSSR count). The van der Waals surface area contributed by atoms with Crippen LogP contribution < -0.4 is 5.32 Å². The predicted molar refractivity (Wildman–Crippen MR) is 78.5 cm³/mol. The third kappa shape index (κ3) is 3.20. The van der Waals surface area contributed by atoms with E-state index in [9.17, 15) is 0 Å². The van der Waals surface area contributed by atoms with Gasteiger partial charge >= 0.3 is 0 Å². The Morgan fingerprint density at radius 2 is 2.11 bits per heavy atom. The zero-order valence-corrected chi connectivity index (χ0v) is 12.1. The Hall–Kier alpha value is -1.68. The Bertz CT molecular complexity index is 569. The lowest BCUT2D eigenvalue weighted by Crippen LogP contribution is -2.05. The van der Waals surface area contributed by atoms with Crippen molar-refractivity contribution in [2.75, 3.05) is 11.9 Å². The number of nitrogens with one attached hydrogen (secondary N) is 1. The number of pyridine rings is 1. The molecule has 0 fully saturated rings. The van der Waals surface area contributed by atoms with Gasteiger partial charge in [0.2, 0.25) is 0 Å². The van der Waals surface area contributed by atoms with Gasteiger partial charge in [0.05, 0.1) is 5.02 Å². The number of hydrogen-bond acceptors (Lipinski definition) is 4. The molecule has 0 unspecified atom stereocenters. The molecule has 2 aromatic rings. The van der Waals surface area contributed by atoms with Crippen LogP contribution in [0, 0.1) is 0 Å². The van der Waals surface area contributed by atoms with Gasteiger partial charge < -0.3 is 5.32 Å². The lowest BCUT2D eigenvalue weighted by Gasteiger charge is -2.11. The number of nitrogens with zero attached hydrogens (tertiary/aromatic N) is 3. The van der Waals surface area contributed by atoms with Crippen LogP contribution in [0.4, 0.5) is 5.82 Å². The standard InChI is InChI=1S/C14H17ClN4/c1-4-16-12-8-11(9(2)3)18-14(19-12)13-10(15)6-5-7-17-13/h5-9H,4H2,1-3H3,(H,16,18,19). The van der Waals surface area contributed by atoms with Gasteiger partial charge in [-0.15, -0.1) is 0 Å². The molecule has 0 amide bonds. The van der Waals surface area contributed by atoms with Crippen molar-refractivity contribution in [3.05, 3.63) is 35.1 Å². The molecule has 100 valence electrons. The first kappa shape index (κ1) is 13.7. The molecule has 19 heavy (non-hydrogen) atoms. The maximum atomic E-state index is 6.16. The number of anilines is 1. The first-order valence-electron chi connectivity index (χ1n) is 6.35. The van der Waals surface area contributed by atoms with Crippen molar-refractivity contribution in [1.82, 2.24) is 15.0 Å². The summed E-state index contributed by atoms with van der Waals surface area (Å²) >= 11 is 6.16. The van der Waals surface area contributed by atoms with Gasteiger partial charge in [0.25, 0.3) is 0 Å². The summed E-state index contributed by atoms with van der Waals surface area (Å²) in [7, 11) is 0. The highest BCUT2D eigenvalue weighted by molar-refractivity contribution is 6.32. The molecule has 0 bridgehead atoms. The van der Waals surface area contributed by atoms with Gasteiger partial charge in [0.15, 0.2) is 5.82 Å². The van der Waals surface area contributed by atoms with Gasteiger partial charge in [0.1, 0.15) is 11.5 Å². The van der Waals surface area contributed by atoms with E-state index in [1.807, 2.05) is 13.0 Å². The number of halogens is 1. The third-order valence-corrected chi connectivity index (χ3v) is 2.97. The SMILES string of the molecule is CCNc1cc(C(C)C)nc(-c2ncccc2Cl)n1. The summed E-state index contributed by atoms with van der Waals surface area (Å²) in [6.45, 7) is 7.04. The number of rotatable bonds is 4. The van der Waals surface area contributed by atoms with Gasteiger partial charge in [-0.2, -0.15) is 0 Å². The highest BCUT2D eigenvalue weighted by Crippen LogP contribution is 2.25. The summed E-state index contributed by atoms with van der Waals surface area (Å²) in [5, 5.41) is 3.77.